The molecular weight excluding hydrogens is 352 g/mol. The Kier molecular flexibility index (Phi) is 5.60. The van der Waals surface area contributed by atoms with Crippen molar-refractivity contribution in [3.8, 4) is 5.75 Å². The van der Waals surface area contributed by atoms with E-state index in [2.05, 4.69) is 29.4 Å². The van der Waals surface area contributed by atoms with Crippen LogP contribution in [-0.2, 0) is 16.1 Å². The number of piperidine rings is 1. The molecule has 1 fully saturated rings. The first-order valence-corrected chi connectivity index (χ1v) is 9.93. The van der Waals surface area contributed by atoms with E-state index in [9.17, 15) is 4.79 Å². The zero-order valence-corrected chi connectivity index (χ0v) is 16.2. The maximum atomic E-state index is 12.9. The number of ether oxygens (including phenoxy) is 1. The highest BCUT2D eigenvalue weighted by molar-refractivity contribution is 6.05. The molecule has 2 aliphatic rings. The van der Waals surface area contributed by atoms with E-state index in [0.29, 0.717) is 12.3 Å². The van der Waals surface area contributed by atoms with E-state index in [1.54, 1.807) is 7.11 Å². The summed E-state index contributed by atoms with van der Waals surface area (Å²) in [5, 5.41) is 4.17. The molecule has 0 N–H and O–H groups in total. The largest absolute Gasteiger partial charge is 0.496 e. The van der Waals surface area contributed by atoms with Gasteiger partial charge in [-0.1, -0.05) is 47.6 Å². The van der Waals surface area contributed by atoms with Crippen LogP contribution in [0.2, 0.25) is 0 Å². The molecule has 1 amide bonds. The van der Waals surface area contributed by atoms with Gasteiger partial charge in [0.2, 0.25) is 6.10 Å². The predicted molar refractivity (Wildman–Crippen MR) is 108 cm³/mol. The van der Waals surface area contributed by atoms with Crippen molar-refractivity contribution in [3.63, 3.8) is 0 Å². The van der Waals surface area contributed by atoms with Gasteiger partial charge < -0.3 is 14.5 Å². The van der Waals surface area contributed by atoms with Crippen molar-refractivity contribution in [2.24, 2.45) is 11.1 Å². The van der Waals surface area contributed by atoms with Gasteiger partial charge in [-0.2, -0.15) is 0 Å². The molecule has 2 heterocycles. The van der Waals surface area contributed by atoms with Crippen LogP contribution >= 0.6 is 0 Å². The van der Waals surface area contributed by atoms with Crippen LogP contribution in [0.15, 0.2) is 59.8 Å². The molecule has 0 bridgehead atoms. The molecule has 5 nitrogen and oxygen atoms in total. The number of amides is 1. The number of nitrogens with zero attached hydrogens (tertiary/aromatic N) is 2. The van der Waals surface area contributed by atoms with Crippen molar-refractivity contribution >= 4 is 11.6 Å². The summed E-state index contributed by atoms with van der Waals surface area (Å²) in [7, 11) is 1.64. The SMILES string of the molecule is COc1ccccc1C1=NOC(C(=O)N2CCC(Cc3ccccc3)CC2)C1. The molecule has 28 heavy (non-hydrogen) atoms. The average Bonchev–Trinajstić information content (AvgIpc) is 3.24. The van der Waals surface area contributed by atoms with Gasteiger partial charge in [-0.3, -0.25) is 4.79 Å². The summed E-state index contributed by atoms with van der Waals surface area (Å²) in [6.45, 7) is 1.58. The van der Waals surface area contributed by atoms with Crippen LogP contribution in [0.25, 0.3) is 0 Å². The summed E-state index contributed by atoms with van der Waals surface area (Å²) in [5.41, 5.74) is 3.04. The van der Waals surface area contributed by atoms with Gasteiger partial charge in [-0.25, -0.2) is 0 Å². The summed E-state index contributed by atoms with van der Waals surface area (Å²) in [6.07, 6.45) is 3.12. The number of hydrogen-bond donors (Lipinski definition) is 0. The standard InChI is InChI=1S/C23H26N2O3/c1-27-21-10-6-5-9-19(21)20-16-22(28-24-20)23(26)25-13-11-18(12-14-25)15-17-7-3-2-4-8-17/h2-10,18,22H,11-16H2,1H3. The number of carbonyl (C=O) groups excluding carboxylic acids is 1. The van der Waals surface area contributed by atoms with Crippen LogP contribution in [-0.4, -0.2) is 42.8 Å². The fourth-order valence-corrected chi connectivity index (χ4v) is 4.06. The third-order valence-corrected chi connectivity index (χ3v) is 5.66. The number of para-hydroxylation sites is 1. The topological polar surface area (TPSA) is 51.1 Å². The highest BCUT2D eigenvalue weighted by Gasteiger charge is 2.34. The number of likely N-dealkylation sites (tertiary alicyclic amines) is 1. The zero-order valence-electron chi connectivity index (χ0n) is 16.2. The van der Waals surface area contributed by atoms with E-state index in [4.69, 9.17) is 9.57 Å². The lowest BCUT2D eigenvalue weighted by molar-refractivity contribution is -0.143. The Bertz CT molecular complexity index is 842. The Morgan fingerprint density at radius 2 is 1.82 bits per heavy atom. The summed E-state index contributed by atoms with van der Waals surface area (Å²) < 4.78 is 5.40. The van der Waals surface area contributed by atoms with E-state index in [-0.39, 0.29) is 5.91 Å². The van der Waals surface area contributed by atoms with Crippen LogP contribution in [0.1, 0.15) is 30.4 Å². The number of oxime groups is 1. The van der Waals surface area contributed by atoms with Gasteiger partial charge in [0.25, 0.3) is 5.91 Å². The Morgan fingerprint density at radius 3 is 2.57 bits per heavy atom. The van der Waals surface area contributed by atoms with Gasteiger partial charge in [0.05, 0.1) is 12.8 Å². The smallest absolute Gasteiger partial charge is 0.266 e. The highest BCUT2D eigenvalue weighted by Crippen LogP contribution is 2.27. The van der Waals surface area contributed by atoms with Gasteiger partial charge in [0.15, 0.2) is 0 Å². The van der Waals surface area contributed by atoms with Gasteiger partial charge in [-0.15, -0.1) is 0 Å². The summed E-state index contributed by atoms with van der Waals surface area (Å²) >= 11 is 0. The summed E-state index contributed by atoms with van der Waals surface area (Å²) in [6, 6.07) is 18.3. The Balaban J connectivity index is 1.30. The fourth-order valence-electron chi connectivity index (χ4n) is 4.06. The van der Waals surface area contributed by atoms with Gasteiger partial charge in [0.1, 0.15) is 5.75 Å². The van der Waals surface area contributed by atoms with E-state index in [1.807, 2.05) is 35.2 Å². The quantitative estimate of drug-likeness (QED) is 0.798. The molecule has 0 spiro atoms. The second-order valence-electron chi connectivity index (χ2n) is 7.49. The molecule has 2 aromatic rings. The lowest BCUT2D eigenvalue weighted by Gasteiger charge is -2.33. The monoisotopic (exact) mass is 378 g/mol. The van der Waals surface area contributed by atoms with Crippen molar-refractivity contribution in [1.29, 1.82) is 0 Å². The molecule has 0 aromatic heterocycles. The predicted octanol–water partition coefficient (Wildman–Crippen LogP) is 3.67. The van der Waals surface area contributed by atoms with Gasteiger partial charge in [0, 0.05) is 25.1 Å². The van der Waals surface area contributed by atoms with Crippen LogP contribution in [0, 0.1) is 5.92 Å². The van der Waals surface area contributed by atoms with Crippen molar-refractivity contribution in [2.45, 2.75) is 31.8 Å². The third-order valence-electron chi connectivity index (χ3n) is 5.66. The van der Waals surface area contributed by atoms with Crippen molar-refractivity contribution in [3.05, 3.63) is 65.7 Å². The minimum atomic E-state index is -0.523. The van der Waals surface area contributed by atoms with Gasteiger partial charge >= 0.3 is 0 Å². The molecule has 1 atom stereocenters. The average molecular weight is 378 g/mol. The number of benzene rings is 2. The molecule has 0 saturated carbocycles. The lowest BCUT2D eigenvalue weighted by Crippen LogP contribution is -2.44. The van der Waals surface area contributed by atoms with Crippen molar-refractivity contribution < 1.29 is 14.4 Å². The molecule has 1 saturated heterocycles. The molecular formula is C23H26N2O3. The van der Waals surface area contributed by atoms with E-state index >= 15 is 0 Å². The second-order valence-corrected chi connectivity index (χ2v) is 7.49. The highest BCUT2D eigenvalue weighted by atomic mass is 16.6. The fraction of sp³-hybridized carbons (Fsp3) is 0.391. The molecule has 1 unspecified atom stereocenters. The minimum Gasteiger partial charge on any atom is -0.496 e. The van der Waals surface area contributed by atoms with Crippen LogP contribution in [0.5, 0.6) is 5.75 Å². The Hall–Kier alpha value is -2.82. The maximum absolute atomic E-state index is 12.9. The zero-order chi connectivity index (χ0) is 19.3. The Morgan fingerprint density at radius 1 is 1.11 bits per heavy atom. The van der Waals surface area contributed by atoms with Crippen LogP contribution in [0.4, 0.5) is 0 Å². The van der Waals surface area contributed by atoms with E-state index < -0.39 is 6.10 Å². The maximum Gasteiger partial charge on any atom is 0.266 e. The summed E-state index contributed by atoms with van der Waals surface area (Å²) in [5.74, 6) is 1.43. The van der Waals surface area contributed by atoms with Crippen LogP contribution < -0.4 is 4.74 Å². The first kappa shape index (κ1) is 18.5. The molecule has 4 rings (SSSR count). The van der Waals surface area contributed by atoms with E-state index in [0.717, 1.165) is 49.4 Å². The van der Waals surface area contributed by atoms with Gasteiger partial charge in [-0.05, 0) is 42.9 Å². The molecule has 146 valence electrons. The molecule has 0 radical (unpaired) electrons. The third kappa shape index (κ3) is 4.03. The normalized spacial score (nSPS) is 19.8. The number of rotatable bonds is 5. The van der Waals surface area contributed by atoms with Crippen molar-refractivity contribution in [2.75, 3.05) is 20.2 Å². The second kappa shape index (κ2) is 8.46. The molecule has 0 aliphatic carbocycles. The number of carbonyl (C=O) groups is 1. The van der Waals surface area contributed by atoms with E-state index in [1.165, 1.54) is 5.56 Å². The molecule has 2 aromatic carbocycles. The lowest BCUT2D eigenvalue weighted by atomic mass is 9.90. The summed E-state index contributed by atoms with van der Waals surface area (Å²) in [4.78, 5) is 20.3. The number of hydrogen-bond acceptors (Lipinski definition) is 4. The first-order valence-electron chi connectivity index (χ1n) is 9.93. The number of methoxy groups -OCH3 is 1. The molecule has 2 aliphatic heterocycles. The minimum absolute atomic E-state index is 0.0480. The van der Waals surface area contributed by atoms with Crippen LogP contribution in [0.3, 0.4) is 0 Å². The molecule has 5 heteroatoms. The first-order chi connectivity index (χ1) is 13.7. The Labute approximate surface area is 165 Å². The van der Waals surface area contributed by atoms with Crippen molar-refractivity contribution in [1.82, 2.24) is 4.90 Å².